The van der Waals surface area contributed by atoms with Crippen molar-refractivity contribution in [1.29, 1.82) is 0 Å². The number of amides is 1. The molecular formula is C30H40N2O6. The minimum atomic E-state index is -0.801. The van der Waals surface area contributed by atoms with Gasteiger partial charge in [-0.1, -0.05) is 32.9 Å². The predicted molar refractivity (Wildman–Crippen MR) is 148 cm³/mol. The van der Waals surface area contributed by atoms with Gasteiger partial charge in [0, 0.05) is 6.54 Å². The minimum Gasteiger partial charge on any atom is -0.507 e. The number of aliphatic hydroxyl groups is 1. The largest absolute Gasteiger partial charge is 0.507 e. The summed E-state index contributed by atoms with van der Waals surface area (Å²) in [6, 6.07) is 10.1. The first-order chi connectivity index (χ1) is 17.9. The lowest BCUT2D eigenvalue weighted by atomic mass is 9.85. The summed E-state index contributed by atoms with van der Waals surface area (Å²) in [5.74, 6) is -0.183. The molecule has 0 saturated carbocycles. The van der Waals surface area contributed by atoms with Crippen molar-refractivity contribution < 1.29 is 28.9 Å². The van der Waals surface area contributed by atoms with Crippen LogP contribution >= 0.6 is 0 Å². The molecule has 0 aromatic heterocycles. The van der Waals surface area contributed by atoms with Gasteiger partial charge in [-0.25, -0.2) is 0 Å². The van der Waals surface area contributed by atoms with Gasteiger partial charge < -0.3 is 29.1 Å². The van der Waals surface area contributed by atoms with Crippen molar-refractivity contribution in [1.82, 2.24) is 9.80 Å². The Bertz CT molecular complexity index is 1210. The molecule has 0 spiro atoms. The molecule has 8 nitrogen and oxygen atoms in total. The van der Waals surface area contributed by atoms with Crippen LogP contribution in [0.4, 0.5) is 0 Å². The molecule has 1 amide bonds. The van der Waals surface area contributed by atoms with Crippen LogP contribution in [0.25, 0.3) is 5.76 Å². The van der Waals surface area contributed by atoms with E-state index in [-0.39, 0.29) is 16.7 Å². The Kier molecular flexibility index (Phi) is 9.09. The molecule has 1 unspecified atom stereocenters. The lowest BCUT2D eigenvalue weighted by molar-refractivity contribution is -0.139. The van der Waals surface area contributed by atoms with Crippen molar-refractivity contribution in [3.63, 3.8) is 0 Å². The molecule has 1 atom stereocenters. The molecule has 0 aliphatic carbocycles. The second-order valence-electron chi connectivity index (χ2n) is 10.7. The summed E-state index contributed by atoms with van der Waals surface area (Å²) in [6.07, 6.45) is 0.660. The highest BCUT2D eigenvalue weighted by Crippen LogP contribution is 2.43. The van der Waals surface area contributed by atoms with Gasteiger partial charge in [-0.3, -0.25) is 9.59 Å². The van der Waals surface area contributed by atoms with Crippen LogP contribution in [-0.2, 0) is 15.0 Å². The normalized spacial score (nSPS) is 17.3. The van der Waals surface area contributed by atoms with Crippen LogP contribution in [0.2, 0.25) is 0 Å². The third kappa shape index (κ3) is 5.96. The molecule has 206 valence electrons. The smallest absolute Gasteiger partial charge is 0.295 e. The maximum Gasteiger partial charge on any atom is 0.295 e. The van der Waals surface area contributed by atoms with Crippen molar-refractivity contribution in [2.75, 3.05) is 48.0 Å². The quantitative estimate of drug-likeness (QED) is 0.272. The second kappa shape index (κ2) is 11.9. The number of hydrogen-bond donors (Lipinski definition) is 1. The highest BCUT2D eigenvalue weighted by molar-refractivity contribution is 6.46. The number of methoxy groups -OCH3 is 2. The van der Waals surface area contributed by atoms with Crippen LogP contribution in [0.15, 0.2) is 42.0 Å². The number of hydrogen-bond acceptors (Lipinski definition) is 7. The van der Waals surface area contributed by atoms with Gasteiger partial charge in [0.05, 0.1) is 38.0 Å². The Morgan fingerprint density at radius 3 is 2.24 bits per heavy atom. The SMILES string of the molecule is CCOc1ccc(C2/C(=C(\O)c3cc(C(C)(C)C)ccc3OC)C(=O)C(=O)N2CCCN(C)C)cc1OC. The summed E-state index contributed by atoms with van der Waals surface area (Å²) in [5, 5.41) is 11.7. The van der Waals surface area contributed by atoms with E-state index >= 15 is 0 Å². The van der Waals surface area contributed by atoms with E-state index in [9.17, 15) is 14.7 Å². The maximum absolute atomic E-state index is 13.5. The molecule has 1 aliphatic heterocycles. The molecule has 1 heterocycles. The Morgan fingerprint density at radius 2 is 1.66 bits per heavy atom. The van der Waals surface area contributed by atoms with Crippen LogP contribution in [0.1, 0.15) is 56.8 Å². The number of carbonyl (C=O) groups excluding carboxylic acids is 2. The molecule has 3 rings (SSSR count). The van der Waals surface area contributed by atoms with Gasteiger partial charge in [0.15, 0.2) is 11.5 Å². The summed E-state index contributed by atoms with van der Waals surface area (Å²) in [6.45, 7) is 9.62. The Hall–Kier alpha value is -3.52. The molecule has 1 aliphatic rings. The van der Waals surface area contributed by atoms with Crippen LogP contribution in [0, 0.1) is 0 Å². The molecule has 38 heavy (non-hydrogen) atoms. The van der Waals surface area contributed by atoms with E-state index in [2.05, 4.69) is 20.8 Å². The summed E-state index contributed by atoms with van der Waals surface area (Å²) in [5.41, 5.74) is 1.78. The summed E-state index contributed by atoms with van der Waals surface area (Å²) in [4.78, 5) is 30.4. The molecule has 2 aromatic carbocycles. The van der Waals surface area contributed by atoms with Gasteiger partial charge in [0.2, 0.25) is 0 Å². The summed E-state index contributed by atoms with van der Waals surface area (Å²) >= 11 is 0. The summed E-state index contributed by atoms with van der Waals surface area (Å²) < 4.78 is 16.8. The Labute approximate surface area is 225 Å². The van der Waals surface area contributed by atoms with Crippen LogP contribution in [0.3, 0.4) is 0 Å². The lowest BCUT2D eigenvalue weighted by Gasteiger charge is -2.27. The fraction of sp³-hybridized carbons (Fsp3) is 0.467. The number of ether oxygens (including phenoxy) is 3. The maximum atomic E-state index is 13.5. The zero-order valence-corrected chi connectivity index (χ0v) is 23.8. The van der Waals surface area contributed by atoms with E-state index in [0.717, 1.165) is 12.1 Å². The van der Waals surface area contributed by atoms with Crippen molar-refractivity contribution in [3.05, 3.63) is 58.7 Å². The zero-order chi connectivity index (χ0) is 28.2. The first-order valence-corrected chi connectivity index (χ1v) is 12.9. The third-order valence-corrected chi connectivity index (χ3v) is 6.67. The molecule has 8 heteroatoms. The highest BCUT2D eigenvalue weighted by Gasteiger charge is 2.46. The number of nitrogens with zero attached hydrogens (tertiary/aromatic N) is 2. The van der Waals surface area contributed by atoms with Crippen molar-refractivity contribution >= 4 is 17.4 Å². The fourth-order valence-electron chi connectivity index (χ4n) is 4.65. The molecule has 0 radical (unpaired) electrons. The molecule has 1 N–H and O–H groups in total. The Morgan fingerprint density at radius 1 is 1.00 bits per heavy atom. The van der Waals surface area contributed by atoms with Gasteiger partial charge in [-0.15, -0.1) is 0 Å². The van der Waals surface area contributed by atoms with Gasteiger partial charge in [-0.2, -0.15) is 0 Å². The van der Waals surface area contributed by atoms with Crippen LogP contribution in [0.5, 0.6) is 17.2 Å². The van der Waals surface area contributed by atoms with Gasteiger partial charge in [0.25, 0.3) is 11.7 Å². The number of rotatable bonds is 10. The Balaban J connectivity index is 2.24. The topological polar surface area (TPSA) is 88.5 Å². The van der Waals surface area contributed by atoms with Gasteiger partial charge in [-0.05, 0) is 74.8 Å². The zero-order valence-electron chi connectivity index (χ0n) is 23.8. The molecule has 2 aromatic rings. The highest BCUT2D eigenvalue weighted by atomic mass is 16.5. The molecule has 1 fully saturated rings. The average molecular weight is 525 g/mol. The summed E-state index contributed by atoms with van der Waals surface area (Å²) in [7, 11) is 6.96. The van der Waals surface area contributed by atoms with Crippen LogP contribution in [-0.4, -0.2) is 74.6 Å². The monoisotopic (exact) mass is 524 g/mol. The van der Waals surface area contributed by atoms with E-state index in [0.29, 0.717) is 47.9 Å². The average Bonchev–Trinajstić information content (AvgIpc) is 3.12. The third-order valence-electron chi connectivity index (χ3n) is 6.67. The van der Waals surface area contributed by atoms with Gasteiger partial charge in [0.1, 0.15) is 11.5 Å². The minimum absolute atomic E-state index is 0.0235. The van der Waals surface area contributed by atoms with Crippen molar-refractivity contribution in [2.45, 2.75) is 45.6 Å². The predicted octanol–water partition coefficient (Wildman–Crippen LogP) is 4.77. The lowest BCUT2D eigenvalue weighted by Crippen LogP contribution is -2.32. The van der Waals surface area contributed by atoms with E-state index in [1.165, 1.54) is 12.0 Å². The first kappa shape index (κ1) is 29.0. The number of likely N-dealkylation sites (tertiary alicyclic amines) is 1. The molecule has 1 saturated heterocycles. The molecular weight excluding hydrogens is 484 g/mol. The second-order valence-corrected chi connectivity index (χ2v) is 10.7. The number of benzene rings is 2. The van der Waals surface area contributed by atoms with E-state index in [1.54, 1.807) is 31.4 Å². The van der Waals surface area contributed by atoms with Crippen molar-refractivity contribution in [3.8, 4) is 17.2 Å². The van der Waals surface area contributed by atoms with Crippen molar-refractivity contribution in [2.24, 2.45) is 0 Å². The van der Waals surface area contributed by atoms with Gasteiger partial charge >= 0.3 is 0 Å². The number of Topliss-reactive ketones (excluding diaryl/α,β-unsaturated/α-hetero) is 1. The van der Waals surface area contributed by atoms with E-state index < -0.39 is 17.7 Å². The number of carbonyl (C=O) groups is 2. The standard InChI is InChI=1S/C30H40N2O6/c1-9-38-23-13-11-19(17-24(23)37-8)26-25(28(34)29(35)32(26)16-10-15-31(5)6)27(33)21-18-20(30(2,3)4)12-14-22(21)36-7/h11-14,17-18,26,33H,9-10,15-16H2,1-8H3/b27-25+. The van der Waals surface area contributed by atoms with Crippen LogP contribution < -0.4 is 14.2 Å². The number of aliphatic hydroxyl groups excluding tert-OH is 1. The fourth-order valence-corrected chi connectivity index (χ4v) is 4.65. The van der Waals surface area contributed by atoms with E-state index in [1.807, 2.05) is 38.1 Å². The van der Waals surface area contributed by atoms with E-state index in [4.69, 9.17) is 14.2 Å². The first-order valence-electron chi connectivity index (χ1n) is 12.9. The number of ketones is 1. The molecule has 0 bridgehead atoms.